The lowest BCUT2D eigenvalue weighted by atomic mass is 10.0. The summed E-state index contributed by atoms with van der Waals surface area (Å²) in [6.45, 7) is 3.88. The summed E-state index contributed by atoms with van der Waals surface area (Å²) in [4.78, 5) is 11.8. The second kappa shape index (κ2) is 6.66. The van der Waals surface area contributed by atoms with Crippen LogP contribution in [0.2, 0.25) is 0 Å². The van der Waals surface area contributed by atoms with E-state index in [1.807, 2.05) is 26.0 Å². The van der Waals surface area contributed by atoms with E-state index >= 15 is 0 Å². The molecule has 1 aliphatic heterocycles. The Morgan fingerprint density at radius 2 is 2.13 bits per heavy atom. The maximum atomic E-state index is 12.1. The molecule has 128 valence electrons. The molecule has 3 N–H and O–H groups in total. The fraction of sp³-hybridized carbons (Fsp3) is 0.533. The normalized spacial score (nSPS) is 18.1. The molecule has 0 spiro atoms. The van der Waals surface area contributed by atoms with Gasteiger partial charge in [0.1, 0.15) is 12.4 Å². The Morgan fingerprint density at radius 3 is 2.78 bits per heavy atom. The molecule has 0 fully saturated rings. The number of urea groups is 1. The first-order valence-corrected chi connectivity index (χ1v) is 7.22. The first-order valence-electron chi connectivity index (χ1n) is 7.22. The smallest absolute Gasteiger partial charge is 0.414 e. The van der Waals surface area contributed by atoms with E-state index in [2.05, 4.69) is 10.6 Å². The minimum atomic E-state index is -4.67. The first-order chi connectivity index (χ1) is 10.7. The zero-order valence-electron chi connectivity index (χ0n) is 12.8. The molecule has 8 heteroatoms. The lowest BCUT2D eigenvalue weighted by Crippen LogP contribution is -2.41. The van der Waals surface area contributed by atoms with Crippen LogP contribution in [0.4, 0.5) is 18.0 Å². The number of hydrogen-bond acceptors (Lipinski definition) is 3. The van der Waals surface area contributed by atoms with Crippen LogP contribution in [0.3, 0.4) is 0 Å². The van der Waals surface area contributed by atoms with Crippen LogP contribution in [0.5, 0.6) is 5.75 Å². The number of benzene rings is 1. The van der Waals surface area contributed by atoms with Gasteiger partial charge in [0, 0.05) is 12.1 Å². The van der Waals surface area contributed by atoms with Gasteiger partial charge in [-0.2, -0.15) is 13.2 Å². The summed E-state index contributed by atoms with van der Waals surface area (Å²) in [6.07, 6.45) is -7.71. The standard InChI is InChI=1S/C15H19F3N2O3/c1-8-3-4-10-11(7-23-13(10)9(8)2)20-14(22)19-6-5-12(21)15(16,17)18/h3-4,11-12,21H,5-7H2,1-2H3,(H2,19,20,22)/t11-,12-/m0/s1. The van der Waals surface area contributed by atoms with Crippen molar-refractivity contribution in [2.45, 2.75) is 38.6 Å². The van der Waals surface area contributed by atoms with Crippen LogP contribution < -0.4 is 15.4 Å². The Kier molecular flexibility index (Phi) is 5.03. The summed E-state index contributed by atoms with van der Waals surface area (Å²) in [6, 6.07) is 2.84. The maximum Gasteiger partial charge on any atom is 0.414 e. The van der Waals surface area contributed by atoms with Crippen molar-refractivity contribution in [1.82, 2.24) is 10.6 Å². The van der Waals surface area contributed by atoms with Crippen molar-refractivity contribution >= 4 is 6.03 Å². The highest BCUT2D eigenvalue weighted by Gasteiger charge is 2.37. The summed E-state index contributed by atoms with van der Waals surface area (Å²) >= 11 is 0. The number of rotatable bonds is 4. The number of carbonyl (C=O) groups is 1. The third-order valence-corrected chi connectivity index (χ3v) is 3.86. The molecule has 0 aromatic heterocycles. The van der Waals surface area contributed by atoms with Crippen molar-refractivity contribution < 1.29 is 27.8 Å². The number of aliphatic hydroxyl groups is 1. The number of nitrogens with one attached hydrogen (secondary N) is 2. The molecule has 1 heterocycles. The van der Waals surface area contributed by atoms with Gasteiger partial charge in [0.05, 0.1) is 6.04 Å². The van der Waals surface area contributed by atoms with E-state index in [9.17, 15) is 18.0 Å². The lowest BCUT2D eigenvalue weighted by molar-refractivity contribution is -0.204. The third-order valence-electron chi connectivity index (χ3n) is 3.86. The van der Waals surface area contributed by atoms with Gasteiger partial charge in [0.15, 0.2) is 6.10 Å². The minimum Gasteiger partial charge on any atom is -0.490 e. The number of aryl methyl sites for hydroxylation is 1. The molecule has 1 aliphatic rings. The van der Waals surface area contributed by atoms with Gasteiger partial charge in [-0.3, -0.25) is 0 Å². The van der Waals surface area contributed by atoms with Gasteiger partial charge < -0.3 is 20.5 Å². The molecule has 0 saturated carbocycles. The second-order valence-corrected chi connectivity index (χ2v) is 5.54. The van der Waals surface area contributed by atoms with Gasteiger partial charge in [-0.1, -0.05) is 12.1 Å². The van der Waals surface area contributed by atoms with E-state index in [1.54, 1.807) is 0 Å². The fourth-order valence-electron chi connectivity index (χ4n) is 2.35. The van der Waals surface area contributed by atoms with Crippen LogP contribution in [0, 0.1) is 13.8 Å². The van der Waals surface area contributed by atoms with E-state index < -0.39 is 24.7 Å². The molecule has 0 saturated heterocycles. The van der Waals surface area contributed by atoms with E-state index in [0.29, 0.717) is 0 Å². The van der Waals surface area contributed by atoms with Gasteiger partial charge in [0.2, 0.25) is 0 Å². The molecule has 1 aromatic carbocycles. The van der Waals surface area contributed by atoms with Gasteiger partial charge in [-0.05, 0) is 31.4 Å². The minimum absolute atomic E-state index is 0.276. The van der Waals surface area contributed by atoms with Crippen LogP contribution in [0.15, 0.2) is 12.1 Å². The molecule has 0 radical (unpaired) electrons. The molecule has 23 heavy (non-hydrogen) atoms. The number of ether oxygens (including phenoxy) is 1. The average Bonchev–Trinajstić information content (AvgIpc) is 2.85. The highest BCUT2D eigenvalue weighted by atomic mass is 19.4. The highest BCUT2D eigenvalue weighted by molar-refractivity contribution is 5.74. The van der Waals surface area contributed by atoms with E-state index in [0.717, 1.165) is 22.4 Å². The highest BCUT2D eigenvalue weighted by Crippen LogP contribution is 2.36. The zero-order valence-corrected chi connectivity index (χ0v) is 12.8. The van der Waals surface area contributed by atoms with E-state index in [1.165, 1.54) is 0 Å². The third kappa shape index (κ3) is 4.07. The van der Waals surface area contributed by atoms with Crippen molar-refractivity contribution in [3.8, 4) is 5.75 Å². The van der Waals surface area contributed by atoms with Crippen molar-refractivity contribution in [2.75, 3.05) is 13.2 Å². The Morgan fingerprint density at radius 1 is 1.43 bits per heavy atom. The monoisotopic (exact) mass is 332 g/mol. The Labute approximate surface area is 131 Å². The summed E-state index contributed by atoms with van der Waals surface area (Å²) in [7, 11) is 0. The second-order valence-electron chi connectivity index (χ2n) is 5.54. The molecule has 2 atom stereocenters. The molecule has 0 bridgehead atoms. The Balaban J connectivity index is 1.86. The Hall–Kier alpha value is -1.96. The van der Waals surface area contributed by atoms with Gasteiger partial charge in [-0.25, -0.2) is 4.79 Å². The van der Waals surface area contributed by atoms with Crippen molar-refractivity contribution in [3.05, 3.63) is 28.8 Å². The number of carbonyl (C=O) groups excluding carboxylic acids is 1. The number of alkyl halides is 3. The molecule has 2 rings (SSSR count). The SMILES string of the molecule is Cc1ccc2c(c1C)OC[C@@H]2NC(=O)NCC[C@H](O)C(F)(F)F. The topological polar surface area (TPSA) is 70.6 Å². The quantitative estimate of drug-likeness (QED) is 0.793. The maximum absolute atomic E-state index is 12.1. The molecule has 2 amide bonds. The lowest BCUT2D eigenvalue weighted by Gasteiger charge is -2.16. The molecule has 5 nitrogen and oxygen atoms in total. The predicted octanol–water partition coefficient (Wildman–Crippen LogP) is 2.35. The fourth-order valence-corrected chi connectivity index (χ4v) is 2.35. The van der Waals surface area contributed by atoms with Crippen LogP contribution in [0.25, 0.3) is 0 Å². The Bertz CT molecular complexity index is 590. The van der Waals surface area contributed by atoms with Gasteiger partial charge in [-0.15, -0.1) is 0 Å². The summed E-state index contributed by atoms with van der Waals surface area (Å²) < 4.78 is 42.0. The predicted molar refractivity (Wildman–Crippen MR) is 77.4 cm³/mol. The van der Waals surface area contributed by atoms with Gasteiger partial charge >= 0.3 is 12.2 Å². The largest absolute Gasteiger partial charge is 0.490 e. The average molecular weight is 332 g/mol. The van der Waals surface area contributed by atoms with E-state index in [4.69, 9.17) is 9.84 Å². The molecule has 0 aliphatic carbocycles. The van der Waals surface area contributed by atoms with Crippen molar-refractivity contribution in [3.63, 3.8) is 0 Å². The number of amides is 2. The van der Waals surface area contributed by atoms with Crippen LogP contribution in [0.1, 0.15) is 29.2 Å². The first kappa shape index (κ1) is 17.4. The molecular formula is C15H19F3N2O3. The van der Waals surface area contributed by atoms with Crippen molar-refractivity contribution in [1.29, 1.82) is 0 Å². The van der Waals surface area contributed by atoms with Gasteiger partial charge in [0.25, 0.3) is 0 Å². The van der Waals surface area contributed by atoms with Crippen LogP contribution in [-0.2, 0) is 0 Å². The van der Waals surface area contributed by atoms with Crippen molar-refractivity contribution in [2.24, 2.45) is 0 Å². The summed E-state index contributed by atoms with van der Waals surface area (Å²) in [5.41, 5.74) is 2.93. The number of halogens is 3. The molecule has 0 unspecified atom stereocenters. The van der Waals surface area contributed by atoms with E-state index in [-0.39, 0.29) is 19.2 Å². The number of aliphatic hydroxyl groups excluding tert-OH is 1. The zero-order chi connectivity index (χ0) is 17.2. The molecular weight excluding hydrogens is 313 g/mol. The van der Waals surface area contributed by atoms with Crippen LogP contribution in [-0.4, -0.2) is 36.6 Å². The summed E-state index contributed by atoms with van der Waals surface area (Å²) in [5.74, 6) is 0.739. The molecule has 1 aromatic rings. The number of fused-ring (bicyclic) bond motifs is 1. The van der Waals surface area contributed by atoms with Crippen LogP contribution >= 0.6 is 0 Å². The summed E-state index contributed by atoms with van der Waals surface area (Å²) in [5, 5.41) is 13.8. The number of hydrogen-bond donors (Lipinski definition) is 3.